The highest BCUT2D eigenvalue weighted by Gasteiger charge is 2.29. The molecular weight excluding hydrogens is 306 g/mol. The largest absolute Gasteiger partial charge is 0.493 e. The van der Waals surface area contributed by atoms with Crippen molar-refractivity contribution in [1.29, 1.82) is 0 Å². The third-order valence-electron chi connectivity index (χ3n) is 3.63. The van der Waals surface area contributed by atoms with E-state index in [0.29, 0.717) is 24.7 Å². The molecule has 3 unspecified atom stereocenters. The number of benzene rings is 1. The lowest BCUT2D eigenvalue weighted by atomic mass is 9.91. The van der Waals surface area contributed by atoms with Crippen LogP contribution in [0.15, 0.2) is 22.7 Å². The molecule has 0 saturated carbocycles. The van der Waals surface area contributed by atoms with Gasteiger partial charge in [0.05, 0.1) is 23.8 Å². The van der Waals surface area contributed by atoms with Crippen molar-refractivity contribution in [2.45, 2.75) is 32.4 Å². The molecule has 1 aromatic carbocycles. The maximum atomic E-state index is 5.69. The Balaban J connectivity index is 2.16. The third-order valence-corrected chi connectivity index (χ3v) is 4.25. The summed E-state index contributed by atoms with van der Waals surface area (Å²) in [6, 6.07) is 6.65. The lowest BCUT2D eigenvalue weighted by Gasteiger charge is -2.23. The van der Waals surface area contributed by atoms with Crippen LogP contribution in [0.25, 0.3) is 0 Å². The van der Waals surface area contributed by atoms with Crippen LogP contribution >= 0.6 is 15.9 Å². The fraction of sp³-hybridized carbons (Fsp3) is 0.600. The molecule has 0 aliphatic carbocycles. The van der Waals surface area contributed by atoms with Crippen LogP contribution in [0.1, 0.15) is 31.9 Å². The van der Waals surface area contributed by atoms with Gasteiger partial charge in [0, 0.05) is 12.0 Å². The van der Waals surface area contributed by atoms with Gasteiger partial charge in [-0.2, -0.15) is 0 Å². The van der Waals surface area contributed by atoms with Gasteiger partial charge in [-0.15, -0.1) is 0 Å². The van der Waals surface area contributed by atoms with E-state index < -0.39 is 0 Å². The number of ether oxygens (including phenoxy) is 2. The maximum Gasteiger partial charge on any atom is 0.133 e. The number of nitrogens with one attached hydrogen (secondary N) is 1. The first-order valence-corrected chi connectivity index (χ1v) is 7.66. The van der Waals surface area contributed by atoms with Crippen molar-refractivity contribution in [2.24, 2.45) is 5.92 Å². The van der Waals surface area contributed by atoms with Crippen molar-refractivity contribution in [1.82, 2.24) is 5.32 Å². The Morgan fingerprint density at radius 2 is 2.32 bits per heavy atom. The molecule has 0 bridgehead atoms. The highest BCUT2D eigenvalue weighted by atomic mass is 79.9. The van der Waals surface area contributed by atoms with Gasteiger partial charge in [-0.3, -0.25) is 0 Å². The second kappa shape index (κ2) is 6.73. The molecule has 0 spiro atoms. The predicted molar refractivity (Wildman–Crippen MR) is 80.6 cm³/mol. The van der Waals surface area contributed by atoms with Crippen molar-refractivity contribution < 1.29 is 9.47 Å². The molecule has 1 aromatic rings. The van der Waals surface area contributed by atoms with Crippen LogP contribution in [-0.4, -0.2) is 26.4 Å². The maximum absolute atomic E-state index is 5.69. The van der Waals surface area contributed by atoms with Gasteiger partial charge in [0.15, 0.2) is 0 Å². The average molecular weight is 328 g/mol. The van der Waals surface area contributed by atoms with Crippen molar-refractivity contribution in [3.05, 3.63) is 28.2 Å². The Morgan fingerprint density at radius 3 is 2.84 bits per heavy atom. The van der Waals surface area contributed by atoms with Gasteiger partial charge in [0.25, 0.3) is 0 Å². The molecule has 0 amide bonds. The summed E-state index contributed by atoms with van der Waals surface area (Å²) in [6.45, 7) is 5.65. The molecule has 106 valence electrons. The molecule has 19 heavy (non-hydrogen) atoms. The molecule has 1 N–H and O–H groups in total. The van der Waals surface area contributed by atoms with E-state index >= 15 is 0 Å². The average Bonchev–Trinajstić information content (AvgIpc) is 2.80. The first kappa shape index (κ1) is 14.8. The second-order valence-electron chi connectivity index (χ2n) is 5.03. The highest BCUT2D eigenvalue weighted by Crippen LogP contribution is 2.35. The van der Waals surface area contributed by atoms with Crippen LogP contribution in [0, 0.1) is 5.92 Å². The summed E-state index contributed by atoms with van der Waals surface area (Å²) in [5.74, 6) is 1.43. The van der Waals surface area contributed by atoms with E-state index in [9.17, 15) is 0 Å². The normalized spacial score (nSPS) is 24.4. The Morgan fingerprint density at radius 1 is 1.53 bits per heavy atom. The minimum Gasteiger partial charge on any atom is -0.493 e. The number of hydrogen-bond donors (Lipinski definition) is 1. The van der Waals surface area contributed by atoms with E-state index in [4.69, 9.17) is 9.47 Å². The van der Waals surface area contributed by atoms with Crippen molar-refractivity contribution in [3.8, 4) is 5.75 Å². The van der Waals surface area contributed by atoms with Gasteiger partial charge in [0.2, 0.25) is 0 Å². The van der Waals surface area contributed by atoms with Gasteiger partial charge in [-0.25, -0.2) is 0 Å². The monoisotopic (exact) mass is 327 g/mol. The molecule has 1 aliphatic rings. The molecule has 0 radical (unpaired) electrons. The Bertz CT molecular complexity index is 425. The minimum absolute atomic E-state index is 0.330. The molecule has 1 heterocycles. The fourth-order valence-electron chi connectivity index (χ4n) is 2.74. The quantitative estimate of drug-likeness (QED) is 0.897. The lowest BCUT2D eigenvalue weighted by Crippen LogP contribution is -2.25. The first-order chi connectivity index (χ1) is 9.15. The SMILES string of the molecule is CCOc1ccc(C(NC)C2COC(C)C2)cc1Br. The van der Waals surface area contributed by atoms with Crippen molar-refractivity contribution in [2.75, 3.05) is 20.3 Å². The molecule has 3 atom stereocenters. The van der Waals surface area contributed by atoms with E-state index in [2.05, 4.69) is 40.3 Å². The number of hydrogen-bond acceptors (Lipinski definition) is 3. The summed E-state index contributed by atoms with van der Waals surface area (Å²) in [5, 5.41) is 3.42. The van der Waals surface area contributed by atoms with Gasteiger partial charge in [-0.1, -0.05) is 6.07 Å². The van der Waals surface area contributed by atoms with E-state index in [-0.39, 0.29) is 0 Å². The minimum atomic E-state index is 0.330. The summed E-state index contributed by atoms with van der Waals surface area (Å²) in [6.07, 6.45) is 1.48. The lowest BCUT2D eigenvalue weighted by molar-refractivity contribution is 0.117. The summed E-state index contributed by atoms with van der Waals surface area (Å²) in [7, 11) is 2.01. The predicted octanol–water partition coefficient (Wildman–Crippen LogP) is 3.53. The summed E-state index contributed by atoms with van der Waals surface area (Å²) < 4.78 is 12.3. The molecule has 0 aromatic heterocycles. The number of halogens is 1. The van der Waals surface area contributed by atoms with E-state index in [1.807, 2.05) is 20.0 Å². The Hall–Kier alpha value is -0.580. The molecule has 3 nitrogen and oxygen atoms in total. The molecule has 1 saturated heterocycles. The summed E-state index contributed by atoms with van der Waals surface area (Å²) in [5.41, 5.74) is 1.28. The van der Waals surface area contributed by atoms with Gasteiger partial charge in [0.1, 0.15) is 5.75 Å². The van der Waals surface area contributed by atoms with Crippen LogP contribution in [0.2, 0.25) is 0 Å². The van der Waals surface area contributed by atoms with Crippen LogP contribution in [0.4, 0.5) is 0 Å². The van der Waals surface area contributed by atoms with E-state index in [1.165, 1.54) is 5.56 Å². The zero-order chi connectivity index (χ0) is 13.8. The van der Waals surface area contributed by atoms with E-state index in [0.717, 1.165) is 23.2 Å². The Labute approximate surface area is 123 Å². The second-order valence-corrected chi connectivity index (χ2v) is 5.88. The van der Waals surface area contributed by atoms with Crippen LogP contribution < -0.4 is 10.1 Å². The molecular formula is C15H22BrNO2. The standard InChI is InChI=1S/C15H22BrNO2/c1-4-18-14-6-5-11(8-13(14)16)15(17-3)12-7-10(2)19-9-12/h5-6,8,10,12,15,17H,4,7,9H2,1-3H3. The van der Waals surface area contributed by atoms with Crippen LogP contribution in [-0.2, 0) is 4.74 Å². The topological polar surface area (TPSA) is 30.5 Å². The summed E-state index contributed by atoms with van der Waals surface area (Å²) in [4.78, 5) is 0. The molecule has 1 aliphatic heterocycles. The first-order valence-electron chi connectivity index (χ1n) is 6.86. The van der Waals surface area contributed by atoms with Crippen molar-refractivity contribution in [3.63, 3.8) is 0 Å². The summed E-state index contributed by atoms with van der Waals surface area (Å²) >= 11 is 3.58. The zero-order valence-electron chi connectivity index (χ0n) is 11.8. The molecule has 1 fully saturated rings. The fourth-order valence-corrected chi connectivity index (χ4v) is 3.25. The highest BCUT2D eigenvalue weighted by molar-refractivity contribution is 9.10. The van der Waals surface area contributed by atoms with Gasteiger partial charge >= 0.3 is 0 Å². The van der Waals surface area contributed by atoms with Gasteiger partial charge < -0.3 is 14.8 Å². The van der Waals surface area contributed by atoms with Crippen molar-refractivity contribution >= 4 is 15.9 Å². The smallest absolute Gasteiger partial charge is 0.133 e. The Kier molecular flexibility index (Phi) is 5.25. The zero-order valence-corrected chi connectivity index (χ0v) is 13.4. The van der Waals surface area contributed by atoms with Gasteiger partial charge in [-0.05, 0) is 60.9 Å². The van der Waals surface area contributed by atoms with E-state index in [1.54, 1.807) is 0 Å². The molecule has 2 rings (SSSR count). The van der Waals surface area contributed by atoms with Crippen LogP contribution in [0.5, 0.6) is 5.75 Å². The molecule has 4 heteroatoms. The number of rotatable bonds is 5. The van der Waals surface area contributed by atoms with Crippen LogP contribution in [0.3, 0.4) is 0 Å². The third kappa shape index (κ3) is 3.50.